The number of aromatic nitrogens is 2. The zero-order valence-corrected chi connectivity index (χ0v) is 10.6. The molecule has 0 aliphatic rings. The Morgan fingerprint density at radius 1 is 1.45 bits per heavy atom. The molecule has 0 radical (unpaired) electrons. The predicted octanol–water partition coefficient (Wildman–Crippen LogP) is 1.91. The fraction of sp³-hybridized carbons (Fsp3) is 0.154. The molecule has 20 heavy (non-hydrogen) atoms. The maximum Gasteiger partial charge on any atom is 0.338 e. The summed E-state index contributed by atoms with van der Waals surface area (Å²) < 4.78 is 13.5. The fourth-order valence-electron chi connectivity index (χ4n) is 1.65. The summed E-state index contributed by atoms with van der Waals surface area (Å²) in [6.45, 7) is 1.84. The van der Waals surface area contributed by atoms with E-state index in [9.17, 15) is 14.0 Å². The molecule has 0 amide bonds. The molecule has 3 N–H and O–H groups in total. The number of carboxylic acids is 1. The molecular formula is C13H12FN3O3. The van der Waals surface area contributed by atoms with Gasteiger partial charge in [-0.05, 0) is 18.2 Å². The number of aryl methyl sites for hydroxylation is 1. The number of aromatic carboxylic acids is 1. The second-order valence-electron chi connectivity index (χ2n) is 4.06. The molecule has 1 aromatic heterocycles. The highest BCUT2D eigenvalue weighted by atomic mass is 19.1. The van der Waals surface area contributed by atoms with E-state index < -0.39 is 17.3 Å². The first-order chi connectivity index (χ1) is 9.49. The van der Waals surface area contributed by atoms with Gasteiger partial charge in [-0.3, -0.25) is 4.79 Å². The lowest BCUT2D eigenvalue weighted by atomic mass is 10.2. The van der Waals surface area contributed by atoms with E-state index in [1.54, 1.807) is 0 Å². The maximum atomic E-state index is 13.5. The van der Waals surface area contributed by atoms with E-state index in [0.717, 1.165) is 12.1 Å². The van der Waals surface area contributed by atoms with Crippen LogP contribution in [0, 0.1) is 5.82 Å². The molecule has 104 valence electrons. The molecule has 0 saturated carbocycles. The Morgan fingerprint density at radius 2 is 2.20 bits per heavy atom. The van der Waals surface area contributed by atoms with Crippen molar-refractivity contribution in [2.24, 2.45) is 0 Å². The number of carbonyl (C=O) groups is 1. The molecule has 7 heteroatoms. The molecule has 0 fully saturated rings. The van der Waals surface area contributed by atoms with E-state index in [1.165, 1.54) is 12.1 Å². The van der Waals surface area contributed by atoms with Gasteiger partial charge in [0, 0.05) is 18.2 Å². The monoisotopic (exact) mass is 277 g/mol. The van der Waals surface area contributed by atoms with Crippen molar-refractivity contribution >= 4 is 17.5 Å². The minimum absolute atomic E-state index is 0.271. The van der Waals surface area contributed by atoms with Crippen LogP contribution in [-0.4, -0.2) is 21.0 Å². The Labute approximate surface area is 113 Å². The number of hydrogen-bond acceptors (Lipinski definition) is 4. The molecule has 0 unspecified atom stereocenters. The molecular weight excluding hydrogens is 265 g/mol. The number of benzene rings is 1. The first-order valence-corrected chi connectivity index (χ1v) is 5.89. The van der Waals surface area contributed by atoms with Crippen LogP contribution >= 0.6 is 0 Å². The minimum Gasteiger partial charge on any atom is -0.478 e. The summed E-state index contributed by atoms with van der Waals surface area (Å²) in [5.74, 6) is -1.42. The van der Waals surface area contributed by atoms with E-state index in [-0.39, 0.29) is 11.4 Å². The average molecular weight is 277 g/mol. The summed E-state index contributed by atoms with van der Waals surface area (Å²) in [5.41, 5.74) is -0.418. The van der Waals surface area contributed by atoms with Crippen molar-refractivity contribution < 1.29 is 14.3 Å². The Kier molecular flexibility index (Phi) is 3.79. The molecule has 1 aromatic carbocycles. The molecule has 1 heterocycles. The zero-order chi connectivity index (χ0) is 14.7. The molecule has 2 aromatic rings. The SMILES string of the molecule is CCc1nc(Nc2ccc(C(=O)O)c(F)c2)cc(=O)[nH]1. The number of aromatic amines is 1. The normalized spacial score (nSPS) is 10.3. The second-order valence-corrected chi connectivity index (χ2v) is 4.06. The summed E-state index contributed by atoms with van der Waals surface area (Å²) in [5, 5.41) is 11.5. The van der Waals surface area contributed by atoms with Gasteiger partial charge in [-0.15, -0.1) is 0 Å². The summed E-state index contributed by atoms with van der Waals surface area (Å²) >= 11 is 0. The quantitative estimate of drug-likeness (QED) is 0.793. The van der Waals surface area contributed by atoms with Gasteiger partial charge in [-0.2, -0.15) is 0 Å². The van der Waals surface area contributed by atoms with Crippen molar-refractivity contribution in [1.29, 1.82) is 0 Å². The molecule has 0 spiro atoms. The maximum absolute atomic E-state index is 13.5. The van der Waals surface area contributed by atoms with Crippen molar-refractivity contribution in [1.82, 2.24) is 9.97 Å². The molecule has 0 bridgehead atoms. The van der Waals surface area contributed by atoms with Crippen LogP contribution in [0.25, 0.3) is 0 Å². The van der Waals surface area contributed by atoms with Crippen LogP contribution in [0.1, 0.15) is 23.1 Å². The highest BCUT2D eigenvalue weighted by molar-refractivity contribution is 5.88. The van der Waals surface area contributed by atoms with Gasteiger partial charge < -0.3 is 15.4 Å². The number of anilines is 2. The largest absolute Gasteiger partial charge is 0.478 e. The molecule has 0 aliphatic heterocycles. The summed E-state index contributed by atoms with van der Waals surface area (Å²) in [6, 6.07) is 4.83. The third-order valence-corrected chi connectivity index (χ3v) is 2.60. The number of rotatable bonds is 4. The fourth-order valence-corrected chi connectivity index (χ4v) is 1.65. The van der Waals surface area contributed by atoms with E-state index in [1.807, 2.05) is 6.92 Å². The number of hydrogen-bond donors (Lipinski definition) is 3. The van der Waals surface area contributed by atoms with E-state index in [0.29, 0.717) is 17.9 Å². The molecule has 0 aliphatic carbocycles. The molecule has 6 nitrogen and oxygen atoms in total. The van der Waals surface area contributed by atoms with Crippen LogP contribution in [-0.2, 0) is 6.42 Å². The minimum atomic E-state index is -1.34. The smallest absolute Gasteiger partial charge is 0.338 e. The molecule has 0 saturated heterocycles. The van der Waals surface area contributed by atoms with Gasteiger partial charge in [-0.25, -0.2) is 14.2 Å². The van der Waals surface area contributed by atoms with Gasteiger partial charge >= 0.3 is 5.97 Å². The van der Waals surface area contributed by atoms with Gasteiger partial charge in [0.1, 0.15) is 17.5 Å². The van der Waals surface area contributed by atoms with Crippen LogP contribution in [0.3, 0.4) is 0 Å². The summed E-state index contributed by atoms with van der Waals surface area (Å²) in [7, 11) is 0. The van der Waals surface area contributed by atoms with Crippen LogP contribution < -0.4 is 10.9 Å². The van der Waals surface area contributed by atoms with Crippen LogP contribution in [0.2, 0.25) is 0 Å². The van der Waals surface area contributed by atoms with Gasteiger partial charge in [0.2, 0.25) is 0 Å². The summed E-state index contributed by atoms with van der Waals surface area (Å²) in [6.07, 6.45) is 0.553. The first kappa shape index (κ1) is 13.7. The average Bonchev–Trinajstić information content (AvgIpc) is 2.37. The van der Waals surface area contributed by atoms with E-state index >= 15 is 0 Å². The van der Waals surface area contributed by atoms with Crippen molar-refractivity contribution in [3.8, 4) is 0 Å². The van der Waals surface area contributed by atoms with E-state index in [2.05, 4.69) is 15.3 Å². The van der Waals surface area contributed by atoms with Gasteiger partial charge in [0.05, 0.1) is 5.56 Å². The number of halogens is 1. The lowest BCUT2D eigenvalue weighted by Crippen LogP contribution is -2.11. The Balaban J connectivity index is 2.30. The molecule has 2 rings (SSSR count). The zero-order valence-electron chi connectivity index (χ0n) is 10.6. The highest BCUT2D eigenvalue weighted by Gasteiger charge is 2.10. The van der Waals surface area contributed by atoms with Crippen molar-refractivity contribution in [3.63, 3.8) is 0 Å². The topological polar surface area (TPSA) is 95.1 Å². The molecule has 0 atom stereocenters. The van der Waals surface area contributed by atoms with Gasteiger partial charge in [0.25, 0.3) is 5.56 Å². The highest BCUT2D eigenvalue weighted by Crippen LogP contribution is 2.17. The Morgan fingerprint density at radius 3 is 2.80 bits per heavy atom. The predicted molar refractivity (Wildman–Crippen MR) is 70.9 cm³/mol. The lowest BCUT2D eigenvalue weighted by Gasteiger charge is -2.07. The van der Waals surface area contributed by atoms with Crippen LogP contribution in [0.4, 0.5) is 15.9 Å². The third-order valence-electron chi connectivity index (χ3n) is 2.60. The number of carboxylic acid groups (broad SMARTS) is 1. The van der Waals surface area contributed by atoms with E-state index in [4.69, 9.17) is 5.11 Å². The van der Waals surface area contributed by atoms with Crippen molar-refractivity contribution in [2.45, 2.75) is 13.3 Å². The standard InChI is InChI=1S/C13H12FN3O3/c1-2-10-16-11(6-12(18)17-10)15-7-3-4-8(13(19)20)9(14)5-7/h3-6H,2H2,1H3,(H,19,20)(H2,15,16,17,18). The van der Waals surface area contributed by atoms with Crippen molar-refractivity contribution in [3.05, 3.63) is 51.8 Å². The number of nitrogens with zero attached hydrogens (tertiary/aromatic N) is 1. The third kappa shape index (κ3) is 3.00. The first-order valence-electron chi connectivity index (χ1n) is 5.89. The van der Waals surface area contributed by atoms with Gasteiger partial charge in [-0.1, -0.05) is 6.92 Å². The summed E-state index contributed by atoms with van der Waals surface area (Å²) in [4.78, 5) is 28.8. The number of H-pyrrole nitrogens is 1. The van der Waals surface area contributed by atoms with Gasteiger partial charge in [0.15, 0.2) is 0 Å². The van der Waals surface area contributed by atoms with Crippen LogP contribution in [0.15, 0.2) is 29.1 Å². The number of nitrogens with one attached hydrogen (secondary N) is 2. The van der Waals surface area contributed by atoms with Crippen LogP contribution in [0.5, 0.6) is 0 Å². The Hall–Kier alpha value is -2.70. The Bertz CT molecular complexity index is 712. The van der Waals surface area contributed by atoms with Crippen molar-refractivity contribution in [2.75, 3.05) is 5.32 Å². The second kappa shape index (κ2) is 5.52. The lowest BCUT2D eigenvalue weighted by molar-refractivity contribution is 0.0692.